The van der Waals surface area contributed by atoms with Crippen LogP contribution >= 0.6 is 22.6 Å². The minimum absolute atomic E-state index is 0.207. The van der Waals surface area contributed by atoms with Gasteiger partial charge in [0.15, 0.2) is 0 Å². The van der Waals surface area contributed by atoms with Gasteiger partial charge in [0.1, 0.15) is 0 Å². The molecule has 1 aromatic rings. The molecule has 0 aliphatic heterocycles. The van der Waals surface area contributed by atoms with Crippen LogP contribution in [0.3, 0.4) is 0 Å². The Hall–Kier alpha value is -0.140. The molecule has 1 aromatic carbocycles. The van der Waals surface area contributed by atoms with Crippen molar-refractivity contribution in [1.82, 2.24) is 0 Å². The van der Waals surface area contributed by atoms with Gasteiger partial charge in [-0.05, 0) is 54.6 Å². The second-order valence-electron chi connectivity index (χ2n) is 3.06. The first kappa shape index (κ1) is 11.9. The van der Waals surface area contributed by atoms with Crippen LogP contribution in [0.5, 0.6) is 0 Å². The molecule has 3 nitrogen and oxygen atoms in total. The molecule has 0 aromatic heterocycles. The standard InChI is InChI=1S/C9H11IO3S/c1-7(2)13-14(11,12)9-5-3-4-8(10)6-9/h3-7H,1-2H3. The smallest absolute Gasteiger partial charge is 0.264 e. The molecule has 5 heteroatoms. The van der Waals surface area contributed by atoms with Gasteiger partial charge in [-0.3, -0.25) is 4.18 Å². The van der Waals surface area contributed by atoms with Crippen molar-refractivity contribution in [2.75, 3.05) is 0 Å². The maximum absolute atomic E-state index is 11.6. The second-order valence-corrected chi connectivity index (χ2v) is 5.87. The summed E-state index contributed by atoms with van der Waals surface area (Å²) in [6, 6.07) is 6.63. The number of rotatable bonds is 3. The van der Waals surface area contributed by atoms with Gasteiger partial charge in [0.2, 0.25) is 0 Å². The Kier molecular flexibility index (Phi) is 3.91. The van der Waals surface area contributed by atoms with Gasteiger partial charge < -0.3 is 0 Å². The van der Waals surface area contributed by atoms with Crippen LogP contribution in [0.2, 0.25) is 0 Å². The zero-order valence-corrected chi connectivity index (χ0v) is 10.9. The normalized spacial score (nSPS) is 12.0. The van der Waals surface area contributed by atoms with E-state index in [-0.39, 0.29) is 11.0 Å². The van der Waals surface area contributed by atoms with Gasteiger partial charge in [0, 0.05) is 3.57 Å². The summed E-state index contributed by atoms with van der Waals surface area (Å²) in [6.07, 6.45) is -0.335. The van der Waals surface area contributed by atoms with Gasteiger partial charge in [-0.1, -0.05) is 6.07 Å². The number of benzene rings is 1. The number of hydrogen-bond donors (Lipinski definition) is 0. The summed E-state index contributed by atoms with van der Waals surface area (Å²) in [6.45, 7) is 3.37. The van der Waals surface area contributed by atoms with Crippen molar-refractivity contribution in [3.05, 3.63) is 27.8 Å². The molecule has 78 valence electrons. The van der Waals surface area contributed by atoms with E-state index in [0.29, 0.717) is 0 Å². The SMILES string of the molecule is CC(C)OS(=O)(=O)c1cccc(I)c1. The predicted molar refractivity (Wildman–Crippen MR) is 62.6 cm³/mol. The quantitative estimate of drug-likeness (QED) is 0.633. The fraction of sp³-hybridized carbons (Fsp3) is 0.333. The monoisotopic (exact) mass is 326 g/mol. The van der Waals surface area contributed by atoms with Crippen LogP contribution in [-0.4, -0.2) is 14.5 Å². The number of hydrogen-bond acceptors (Lipinski definition) is 3. The largest absolute Gasteiger partial charge is 0.297 e. The third kappa shape index (κ3) is 3.21. The van der Waals surface area contributed by atoms with Crippen molar-refractivity contribution in [3.63, 3.8) is 0 Å². The average Bonchev–Trinajstić information content (AvgIpc) is 2.01. The Bertz CT molecular complexity index is 412. The lowest BCUT2D eigenvalue weighted by atomic mass is 10.4. The molecule has 0 N–H and O–H groups in total. The molecule has 0 unspecified atom stereocenters. The van der Waals surface area contributed by atoms with Crippen LogP contribution in [0.15, 0.2) is 29.2 Å². The highest BCUT2D eigenvalue weighted by Crippen LogP contribution is 2.16. The van der Waals surface area contributed by atoms with E-state index in [2.05, 4.69) is 22.6 Å². The van der Waals surface area contributed by atoms with E-state index in [1.807, 2.05) is 6.07 Å². The highest BCUT2D eigenvalue weighted by molar-refractivity contribution is 14.1. The van der Waals surface area contributed by atoms with Crippen LogP contribution in [-0.2, 0) is 14.3 Å². The van der Waals surface area contributed by atoms with Gasteiger partial charge in [-0.25, -0.2) is 0 Å². The summed E-state index contributed by atoms with van der Waals surface area (Å²) in [5, 5.41) is 0. The van der Waals surface area contributed by atoms with Crippen LogP contribution in [0, 0.1) is 3.57 Å². The summed E-state index contributed by atoms with van der Waals surface area (Å²) in [7, 11) is -3.59. The lowest BCUT2D eigenvalue weighted by Gasteiger charge is -2.08. The molecule has 1 rings (SSSR count). The minimum atomic E-state index is -3.59. The molecule has 0 aliphatic carbocycles. The first-order chi connectivity index (χ1) is 6.42. The molecular formula is C9H11IO3S. The first-order valence-corrected chi connectivity index (χ1v) is 6.59. The van der Waals surface area contributed by atoms with Gasteiger partial charge in [-0.2, -0.15) is 8.42 Å². The van der Waals surface area contributed by atoms with Crippen molar-refractivity contribution in [2.24, 2.45) is 0 Å². The maximum Gasteiger partial charge on any atom is 0.297 e. The summed E-state index contributed by atoms with van der Waals surface area (Å²) in [4.78, 5) is 0.207. The molecule has 0 bridgehead atoms. The topological polar surface area (TPSA) is 43.4 Å². The average molecular weight is 326 g/mol. The Morgan fingerprint density at radius 3 is 2.50 bits per heavy atom. The molecule has 0 aliphatic rings. The van der Waals surface area contributed by atoms with Crippen molar-refractivity contribution in [2.45, 2.75) is 24.8 Å². The van der Waals surface area contributed by atoms with Crippen molar-refractivity contribution >= 4 is 32.7 Å². The molecule has 0 amide bonds. The maximum atomic E-state index is 11.6. The van der Waals surface area contributed by atoms with Crippen molar-refractivity contribution < 1.29 is 12.6 Å². The van der Waals surface area contributed by atoms with E-state index in [0.717, 1.165) is 3.57 Å². The van der Waals surface area contributed by atoms with Crippen LogP contribution in [0.1, 0.15) is 13.8 Å². The van der Waals surface area contributed by atoms with Crippen LogP contribution in [0.4, 0.5) is 0 Å². The molecule has 0 spiro atoms. The lowest BCUT2D eigenvalue weighted by molar-refractivity contribution is 0.249. The summed E-state index contributed by atoms with van der Waals surface area (Å²) in [5.74, 6) is 0. The molecule has 0 saturated heterocycles. The molecule has 0 atom stereocenters. The van der Waals surface area contributed by atoms with E-state index in [9.17, 15) is 8.42 Å². The number of halogens is 1. The first-order valence-electron chi connectivity index (χ1n) is 4.10. The third-order valence-corrected chi connectivity index (χ3v) is 3.54. The highest BCUT2D eigenvalue weighted by Gasteiger charge is 2.16. The second kappa shape index (κ2) is 4.59. The Morgan fingerprint density at radius 1 is 1.36 bits per heavy atom. The van der Waals surface area contributed by atoms with Gasteiger partial charge >= 0.3 is 0 Å². The molecule has 0 saturated carbocycles. The summed E-state index contributed by atoms with van der Waals surface area (Å²) < 4.78 is 28.9. The summed E-state index contributed by atoms with van der Waals surface area (Å²) >= 11 is 2.06. The van der Waals surface area contributed by atoms with Crippen LogP contribution in [0.25, 0.3) is 0 Å². The Balaban J connectivity index is 3.05. The van der Waals surface area contributed by atoms with Crippen molar-refractivity contribution in [1.29, 1.82) is 0 Å². The molecule has 0 fully saturated rings. The Morgan fingerprint density at radius 2 is 2.00 bits per heavy atom. The molecule has 0 heterocycles. The van der Waals surface area contributed by atoms with Gasteiger partial charge in [0.25, 0.3) is 10.1 Å². The van der Waals surface area contributed by atoms with E-state index in [4.69, 9.17) is 4.18 Å². The highest BCUT2D eigenvalue weighted by atomic mass is 127. The zero-order valence-electron chi connectivity index (χ0n) is 7.90. The van der Waals surface area contributed by atoms with Crippen molar-refractivity contribution in [3.8, 4) is 0 Å². The molecule has 0 radical (unpaired) electrons. The minimum Gasteiger partial charge on any atom is -0.264 e. The van der Waals surface area contributed by atoms with E-state index in [1.54, 1.807) is 26.0 Å². The summed E-state index contributed by atoms with van der Waals surface area (Å²) in [5.41, 5.74) is 0. The lowest BCUT2D eigenvalue weighted by Crippen LogP contribution is -2.12. The fourth-order valence-electron chi connectivity index (χ4n) is 0.931. The Labute approximate surface area is 97.7 Å². The van der Waals surface area contributed by atoms with E-state index in [1.165, 1.54) is 6.07 Å². The van der Waals surface area contributed by atoms with E-state index >= 15 is 0 Å². The predicted octanol–water partition coefficient (Wildman–Crippen LogP) is 2.40. The molecule has 14 heavy (non-hydrogen) atoms. The fourth-order valence-corrected chi connectivity index (χ4v) is 2.82. The van der Waals surface area contributed by atoms with Gasteiger partial charge in [-0.15, -0.1) is 0 Å². The molecular weight excluding hydrogens is 315 g/mol. The van der Waals surface area contributed by atoms with E-state index < -0.39 is 10.1 Å². The zero-order chi connectivity index (χ0) is 10.8. The third-order valence-electron chi connectivity index (χ3n) is 1.40. The van der Waals surface area contributed by atoms with Crippen LogP contribution < -0.4 is 0 Å². The van der Waals surface area contributed by atoms with Gasteiger partial charge in [0.05, 0.1) is 11.0 Å².